The van der Waals surface area contributed by atoms with Gasteiger partial charge >= 0.3 is 0 Å². The van der Waals surface area contributed by atoms with Crippen LogP contribution in [-0.4, -0.2) is 92.3 Å². The number of aliphatic hydroxyl groups is 2. The van der Waals surface area contributed by atoms with Crippen LogP contribution in [0.1, 0.15) is 70.3 Å². The summed E-state index contributed by atoms with van der Waals surface area (Å²) in [5.41, 5.74) is 0.871. The molecular formula is C32H53N3O6S. The molecule has 0 aromatic heterocycles. The molecule has 10 heteroatoms. The van der Waals surface area contributed by atoms with E-state index in [2.05, 4.69) is 10.6 Å². The summed E-state index contributed by atoms with van der Waals surface area (Å²) in [6.45, 7) is 2.13. The molecule has 0 radical (unpaired) electrons. The summed E-state index contributed by atoms with van der Waals surface area (Å²) in [5, 5.41) is 27.5. The van der Waals surface area contributed by atoms with Crippen molar-refractivity contribution in [3.05, 3.63) is 35.9 Å². The number of benzene rings is 1. The molecule has 2 fully saturated rings. The number of nitrogens with one attached hydrogen (secondary N) is 2. The molecule has 4 N–H and O–H groups in total. The molecule has 2 aliphatic rings. The zero-order chi connectivity index (χ0) is 30.7. The Kier molecular flexibility index (Phi) is 13.7. The summed E-state index contributed by atoms with van der Waals surface area (Å²) in [6, 6.07) is 8.78. The van der Waals surface area contributed by atoms with E-state index >= 15 is 0 Å². The first-order chi connectivity index (χ1) is 19.9. The maximum Gasteiger partial charge on any atom is 0.224 e. The van der Waals surface area contributed by atoms with Crippen LogP contribution in [0.4, 0.5) is 0 Å². The van der Waals surface area contributed by atoms with E-state index in [0.29, 0.717) is 31.2 Å². The normalized spacial score (nSPS) is 20.0. The smallest absolute Gasteiger partial charge is 0.224 e. The number of nitrogens with zero attached hydrogens (tertiary/aromatic N) is 1. The number of sulfone groups is 1. The van der Waals surface area contributed by atoms with Gasteiger partial charge < -0.3 is 25.7 Å². The van der Waals surface area contributed by atoms with Gasteiger partial charge in [0.25, 0.3) is 0 Å². The lowest BCUT2D eigenvalue weighted by Crippen LogP contribution is -2.52. The van der Waals surface area contributed by atoms with Crippen LogP contribution in [0, 0.1) is 23.7 Å². The van der Waals surface area contributed by atoms with Crippen molar-refractivity contribution < 1.29 is 28.2 Å². The molecule has 1 aromatic rings. The van der Waals surface area contributed by atoms with E-state index < -0.39 is 45.8 Å². The summed E-state index contributed by atoms with van der Waals surface area (Å²) in [7, 11) is 0.135. The van der Waals surface area contributed by atoms with Crippen molar-refractivity contribution in [2.75, 3.05) is 38.7 Å². The molecular weight excluding hydrogens is 554 g/mol. The van der Waals surface area contributed by atoms with E-state index in [9.17, 15) is 28.2 Å². The third-order valence-electron chi connectivity index (χ3n) is 8.75. The van der Waals surface area contributed by atoms with E-state index in [1.807, 2.05) is 44.4 Å². The summed E-state index contributed by atoms with van der Waals surface area (Å²) in [5.74, 6) is -1.53. The van der Waals surface area contributed by atoms with E-state index in [-0.39, 0.29) is 30.4 Å². The zero-order valence-corrected chi connectivity index (χ0v) is 26.5. The molecule has 2 aliphatic carbocycles. The molecule has 0 aliphatic heterocycles. The van der Waals surface area contributed by atoms with Gasteiger partial charge in [0.05, 0.1) is 35.5 Å². The van der Waals surface area contributed by atoms with Gasteiger partial charge in [0.2, 0.25) is 11.8 Å². The van der Waals surface area contributed by atoms with E-state index in [1.54, 1.807) is 11.8 Å². The van der Waals surface area contributed by atoms with Gasteiger partial charge in [0.15, 0.2) is 9.84 Å². The Bertz CT molecular complexity index is 1070. The van der Waals surface area contributed by atoms with Crippen LogP contribution in [0.15, 0.2) is 30.3 Å². The third kappa shape index (κ3) is 12.3. The summed E-state index contributed by atoms with van der Waals surface area (Å²) >= 11 is 0. The van der Waals surface area contributed by atoms with Gasteiger partial charge in [-0.1, -0.05) is 82.2 Å². The lowest BCUT2D eigenvalue weighted by molar-refractivity contribution is -0.128. The highest BCUT2D eigenvalue weighted by Gasteiger charge is 2.35. The largest absolute Gasteiger partial charge is 0.390 e. The number of aliphatic hydroxyl groups excluding tert-OH is 2. The second kappa shape index (κ2) is 16.7. The van der Waals surface area contributed by atoms with Gasteiger partial charge in [-0.05, 0) is 50.8 Å². The highest BCUT2D eigenvalue weighted by molar-refractivity contribution is 7.91. The van der Waals surface area contributed by atoms with Gasteiger partial charge in [-0.3, -0.25) is 9.59 Å². The molecule has 3 rings (SSSR count). The van der Waals surface area contributed by atoms with Crippen LogP contribution in [0.3, 0.4) is 0 Å². The highest BCUT2D eigenvalue weighted by atomic mass is 32.2. The minimum absolute atomic E-state index is 0.0331. The SMILES string of the molecule is CC(CNC(=O)C(Cc1ccccc1)CS(=O)(=O)CCN(C)C)C(=O)NC(CC1CCCCC1)C(O)C(O)CC1CC1. The van der Waals surface area contributed by atoms with Crippen molar-refractivity contribution in [3.8, 4) is 0 Å². The maximum absolute atomic E-state index is 13.3. The molecule has 5 unspecified atom stereocenters. The van der Waals surface area contributed by atoms with Gasteiger partial charge in [0, 0.05) is 13.1 Å². The number of rotatable bonds is 18. The fraction of sp³-hybridized carbons (Fsp3) is 0.750. The molecule has 0 heterocycles. The maximum atomic E-state index is 13.3. The average Bonchev–Trinajstić information content (AvgIpc) is 3.78. The number of carbonyl (C=O) groups is 2. The molecule has 238 valence electrons. The lowest BCUT2D eigenvalue weighted by atomic mass is 9.82. The van der Waals surface area contributed by atoms with Crippen molar-refractivity contribution in [1.82, 2.24) is 15.5 Å². The van der Waals surface area contributed by atoms with E-state index in [1.165, 1.54) is 6.42 Å². The Labute approximate surface area is 252 Å². The van der Waals surface area contributed by atoms with Gasteiger partial charge in [-0.15, -0.1) is 0 Å². The first kappa shape index (κ1) is 34.5. The minimum atomic E-state index is -3.48. The monoisotopic (exact) mass is 607 g/mol. The molecule has 2 amide bonds. The van der Waals surface area contributed by atoms with Crippen molar-refractivity contribution >= 4 is 21.7 Å². The Morgan fingerprint density at radius 2 is 1.60 bits per heavy atom. The molecule has 42 heavy (non-hydrogen) atoms. The number of carbonyl (C=O) groups excluding carboxylic acids is 2. The van der Waals surface area contributed by atoms with Crippen LogP contribution in [0.2, 0.25) is 0 Å². The first-order valence-corrected chi connectivity index (χ1v) is 17.6. The van der Waals surface area contributed by atoms with Crippen LogP contribution in [-0.2, 0) is 25.8 Å². The predicted molar refractivity (Wildman–Crippen MR) is 165 cm³/mol. The van der Waals surface area contributed by atoms with E-state index in [0.717, 1.165) is 44.1 Å². The van der Waals surface area contributed by atoms with E-state index in [4.69, 9.17) is 0 Å². The van der Waals surface area contributed by atoms with Crippen molar-refractivity contribution in [3.63, 3.8) is 0 Å². The topological polar surface area (TPSA) is 136 Å². The predicted octanol–water partition coefficient (Wildman–Crippen LogP) is 2.55. The number of hydrogen-bond donors (Lipinski definition) is 4. The fourth-order valence-corrected chi connectivity index (χ4v) is 7.51. The molecule has 9 nitrogen and oxygen atoms in total. The zero-order valence-electron chi connectivity index (χ0n) is 25.7. The Morgan fingerprint density at radius 1 is 0.952 bits per heavy atom. The van der Waals surface area contributed by atoms with Crippen molar-refractivity contribution in [2.45, 2.75) is 89.4 Å². The second-order valence-corrected chi connectivity index (χ2v) is 15.3. The molecule has 0 spiro atoms. The third-order valence-corrected chi connectivity index (χ3v) is 10.5. The number of hydrogen-bond acceptors (Lipinski definition) is 7. The van der Waals surface area contributed by atoms with Gasteiger partial charge in [-0.2, -0.15) is 0 Å². The second-order valence-electron chi connectivity index (χ2n) is 13.0. The van der Waals surface area contributed by atoms with Crippen LogP contribution < -0.4 is 10.6 Å². The van der Waals surface area contributed by atoms with Crippen LogP contribution >= 0.6 is 0 Å². The van der Waals surface area contributed by atoms with Gasteiger partial charge in [0.1, 0.15) is 6.10 Å². The Balaban J connectivity index is 1.60. The highest BCUT2D eigenvalue weighted by Crippen LogP contribution is 2.35. The van der Waals surface area contributed by atoms with Crippen molar-refractivity contribution in [1.29, 1.82) is 0 Å². The summed E-state index contributed by atoms with van der Waals surface area (Å²) in [6.07, 6.45) is 7.28. The molecule has 1 aromatic carbocycles. The quantitative estimate of drug-likeness (QED) is 0.201. The van der Waals surface area contributed by atoms with Crippen molar-refractivity contribution in [2.24, 2.45) is 23.7 Å². The standard InChI is InChI=1S/C32H53N3O6S/c1-23(31(38)34-28(19-25-12-8-5-9-13-25)30(37)29(36)20-26-14-15-26)21-33-32(39)27(18-24-10-6-4-7-11-24)22-42(40,41)17-16-35(2)3/h4,6-7,10-11,23,25-30,36-37H,5,8-9,12-22H2,1-3H3,(H,33,39)(H,34,38). The Morgan fingerprint density at radius 3 is 2.21 bits per heavy atom. The minimum Gasteiger partial charge on any atom is -0.390 e. The Hall–Kier alpha value is -2.01. The average molecular weight is 608 g/mol. The summed E-state index contributed by atoms with van der Waals surface area (Å²) < 4.78 is 25.7. The molecule has 5 atom stereocenters. The van der Waals surface area contributed by atoms with Crippen LogP contribution in [0.25, 0.3) is 0 Å². The molecule has 2 saturated carbocycles. The first-order valence-electron chi connectivity index (χ1n) is 15.8. The molecule has 0 bridgehead atoms. The fourth-order valence-electron chi connectivity index (χ4n) is 5.82. The molecule has 0 saturated heterocycles. The number of amides is 2. The lowest BCUT2D eigenvalue weighted by Gasteiger charge is -2.33. The van der Waals surface area contributed by atoms with Gasteiger partial charge in [-0.25, -0.2) is 8.42 Å². The summed E-state index contributed by atoms with van der Waals surface area (Å²) in [4.78, 5) is 28.3. The van der Waals surface area contributed by atoms with Crippen LogP contribution in [0.5, 0.6) is 0 Å².